The van der Waals surface area contributed by atoms with Gasteiger partial charge in [0.05, 0.1) is 16.3 Å². The van der Waals surface area contributed by atoms with Crippen LogP contribution in [0.2, 0.25) is 0 Å². The Morgan fingerprint density at radius 1 is 0.946 bits per heavy atom. The summed E-state index contributed by atoms with van der Waals surface area (Å²) in [5, 5.41) is 11.1. The number of phenolic OH excluding ortho intramolecular Hbond substituents is 1. The molecule has 2 aromatic carbocycles. The predicted molar refractivity (Wildman–Crippen MR) is 157 cm³/mol. The molecule has 2 heterocycles. The first-order valence-corrected chi connectivity index (χ1v) is 13.4. The van der Waals surface area contributed by atoms with E-state index in [-0.39, 0.29) is 33.7 Å². The molecule has 1 saturated heterocycles. The van der Waals surface area contributed by atoms with Gasteiger partial charge >= 0.3 is 0 Å². The molecule has 37 heavy (non-hydrogen) atoms. The van der Waals surface area contributed by atoms with Gasteiger partial charge in [0.15, 0.2) is 4.32 Å². The first kappa shape index (κ1) is 26.9. The third kappa shape index (κ3) is 4.80. The van der Waals surface area contributed by atoms with Crippen molar-refractivity contribution in [1.29, 1.82) is 0 Å². The van der Waals surface area contributed by atoms with Gasteiger partial charge in [-0.2, -0.15) is 0 Å². The number of hydrogen-bond donors (Lipinski definition) is 1. The smallest absolute Gasteiger partial charge is 0.296 e. The summed E-state index contributed by atoms with van der Waals surface area (Å²) in [6.07, 6.45) is 1.80. The van der Waals surface area contributed by atoms with Gasteiger partial charge in [0.1, 0.15) is 11.4 Å². The average Bonchev–Trinajstić information content (AvgIpc) is 3.18. The molecular formula is C29H33N3O3S2. The molecule has 1 amide bonds. The number of hydrogen-bond acceptors (Lipinski definition) is 5. The summed E-state index contributed by atoms with van der Waals surface area (Å²) >= 11 is 6.78. The third-order valence-electron chi connectivity index (χ3n) is 6.59. The number of carbonyl (C=O) groups excluding carboxylic acids is 1. The molecule has 3 aromatic rings. The summed E-state index contributed by atoms with van der Waals surface area (Å²) in [6, 6.07) is 13.2. The van der Waals surface area contributed by atoms with Crippen LogP contribution >= 0.6 is 24.0 Å². The molecule has 1 N–H and O–H groups in total. The highest BCUT2D eigenvalue weighted by molar-refractivity contribution is 8.27. The van der Waals surface area contributed by atoms with E-state index in [2.05, 4.69) is 0 Å². The van der Waals surface area contributed by atoms with Crippen LogP contribution < -0.4 is 10.5 Å². The molecule has 1 fully saturated rings. The molecule has 6 nitrogen and oxygen atoms in total. The number of aromatic nitrogens is 2. The highest BCUT2D eigenvalue weighted by atomic mass is 32.2. The second kappa shape index (κ2) is 9.33. The Labute approximate surface area is 227 Å². The van der Waals surface area contributed by atoms with Gasteiger partial charge in [-0.15, -0.1) is 0 Å². The van der Waals surface area contributed by atoms with Crippen LogP contribution in [-0.4, -0.2) is 24.7 Å². The molecule has 0 aliphatic carbocycles. The maximum Gasteiger partial charge on any atom is 0.296 e. The summed E-state index contributed by atoms with van der Waals surface area (Å²) in [6.45, 7) is 14.1. The SMILES string of the molecule is Cc1c(N2C(=O)/C(=C\c3cc(C(C)(C)C)c(O)c(C(C)(C)C)c3)SC2=S)c(=O)n(-c2ccccc2)n1C. The number of thiocarbonyl (C=S) groups is 1. The van der Waals surface area contributed by atoms with Crippen molar-refractivity contribution in [1.82, 2.24) is 9.36 Å². The molecule has 1 aromatic heterocycles. The molecule has 0 atom stereocenters. The lowest BCUT2D eigenvalue weighted by atomic mass is 9.78. The lowest BCUT2D eigenvalue weighted by Crippen LogP contribution is -2.33. The number of phenols is 1. The topological polar surface area (TPSA) is 67.5 Å². The molecule has 1 aliphatic rings. The van der Waals surface area contributed by atoms with Gasteiger partial charge in [-0.05, 0) is 53.7 Å². The number of nitrogens with zero attached hydrogens (tertiary/aromatic N) is 3. The lowest BCUT2D eigenvalue weighted by Gasteiger charge is -2.28. The Morgan fingerprint density at radius 3 is 2.00 bits per heavy atom. The maximum atomic E-state index is 13.7. The molecule has 8 heteroatoms. The zero-order valence-corrected chi connectivity index (χ0v) is 24.2. The first-order chi connectivity index (χ1) is 17.1. The van der Waals surface area contributed by atoms with Gasteiger partial charge in [0.25, 0.3) is 11.5 Å². The van der Waals surface area contributed by atoms with Crippen molar-refractivity contribution in [3.05, 3.63) is 80.1 Å². The molecular weight excluding hydrogens is 502 g/mol. The van der Waals surface area contributed by atoms with Gasteiger partial charge in [0.2, 0.25) is 0 Å². The van der Waals surface area contributed by atoms with Crippen molar-refractivity contribution in [2.75, 3.05) is 4.90 Å². The van der Waals surface area contributed by atoms with E-state index in [0.29, 0.717) is 20.6 Å². The van der Waals surface area contributed by atoms with Crippen LogP contribution in [0.3, 0.4) is 0 Å². The summed E-state index contributed by atoms with van der Waals surface area (Å²) in [4.78, 5) is 29.0. The highest BCUT2D eigenvalue weighted by Crippen LogP contribution is 2.42. The van der Waals surface area contributed by atoms with Crippen LogP contribution in [0.15, 0.2) is 52.2 Å². The summed E-state index contributed by atoms with van der Waals surface area (Å²) in [5.41, 5.74) is 3.14. The number of benzene rings is 2. The molecule has 1 aliphatic heterocycles. The maximum absolute atomic E-state index is 13.7. The lowest BCUT2D eigenvalue weighted by molar-refractivity contribution is -0.113. The van der Waals surface area contributed by atoms with Gasteiger partial charge < -0.3 is 5.11 Å². The number of anilines is 1. The van der Waals surface area contributed by atoms with Crippen molar-refractivity contribution >= 4 is 46.0 Å². The largest absolute Gasteiger partial charge is 0.507 e. The van der Waals surface area contributed by atoms with Gasteiger partial charge in [-0.3, -0.25) is 19.2 Å². The second-order valence-electron chi connectivity index (χ2n) is 11.4. The molecule has 4 rings (SSSR count). The standard InChI is InChI=1S/C29H33N3O3S2/c1-17-23(26(35)32(30(17)8)19-12-10-9-11-13-19)31-25(34)22(37-27(31)36)16-18-14-20(28(2,3)4)24(33)21(15-18)29(5,6)7/h9-16,33H,1-8H3/b22-16+. The van der Waals surface area contributed by atoms with Crippen LogP contribution in [0.1, 0.15) is 63.9 Å². The number of amides is 1. The Bertz CT molecular complexity index is 1470. The van der Waals surface area contributed by atoms with Crippen molar-refractivity contribution in [2.24, 2.45) is 7.05 Å². The predicted octanol–water partition coefficient (Wildman–Crippen LogP) is 6.19. The van der Waals surface area contributed by atoms with Crippen LogP contribution in [0.5, 0.6) is 5.75 Å². The van der Waals surface area contributed by atoms with Crippen molar-refractivity contribution in [2.45, 2.75) is 59.3 Å². The monoisotopic (exact) mass is 535 g/mol. The zero-order chi connectivity index (χ0) is 27.4. The van der Waals surface area contributed by atoms with Crippen LogP contribution in [0.25, 0.3) is 11.8 Å². The number of rotatable bonds is 3. The Morgan fingerprint density at radius 2 is 1.49 bits per heavy atom. The van der Waals surface area contributed by atoms with E-state index in [1.807, 2.05) is 90.9 Å². The third-order valence-corrected chi connectivity index (χ3v) is 7.89. The van der Waals surface area contributed by atoms with Gasteiger partial charge in [0, 0.05) is 18.2 Å². The summed E-state index contributed by atoms with van der Waals surface area (Å²) in [5.74, 6) is -0.0465. The number of carbonyl (C=O) groups is 1. The molecule has 0 bridgehead atoms. The minimum absolute atomic E-state index is 0.258. The Balaban J connectivity index is 1.82. The first-order valence-electron chi connectivity index (χ1n) is 12.1. The second-order valence-corrected chi connectivity index (χ2v) is 13.1. The summed E-state index contributed by atoms with van der Waals surface area (Å²) in [7, 11) is 1.79. The average molecular weight is 536 g/mol. The van der Waals surface area contributed by atoms with E-state index in [1.54, 1.807) is 17.8 Å². The van der Waals surface area contributed by atoms with E-state index in [0.717, 1.165) is 16.7 Å². The molecule has 0 unspecified atom stereocenters. The van der Waals surface area contributed by atoms with Crippen LogP contribution in [0, 0.1) is 6.92 Å². The van der Waals surface area contributed by atoms with E-state index in [1.165, 1.54) is 21.3 Å². The number of para-hydroxylation sites is 1. The minimum atomic E-state index is -0.330. The van der Waals surface area contributed by atoms with Crippen LogP contribution in [0.4, 0.5) is 5.69 Å². The quantitative estimate of drug-likeness (QED) is 0.320. The summed E-state index contributed by atoms with van der Waals surface area (Å²) < 4.78 is 3.59. The van der Waals surface area contributed by atoms with E-state index in [9.17, 15) is 14.7 Å². The van der Waals surface area contributed by atoms with Gasteiger partial charge in [-0.25, -0.2) is 4.68 Å². The molecule has 0 radical (unpaired) electrons. The number of thioether (sulfide) groups is 1. The molecule has 0 saturated carbocycles. The zero-order valence-electron chi connectivity index (χ0n) is 22.5. The fraction of sp³-hybridized carbons (Fsp3) is 0.345. The van der Waals surface area contributed by atoms with Crippen molar-refractivity contribution in [3.8, 4) is 11.4 Å². The fourth-order valence-corrected chi connectivity index (χ4v) is 5.78. The Kier molecular flexibility index (Phi) is 6.80. The van der Waals surface area contributed by atoms with Crippen molar-refractivity contribution < 1.29 is 9.90 Å². The van der Waals surface area contributed by atoms with Crippen LogP contribution in [-0.2, 0) is 22.7 Å². The Hall–Kier alpha value is -3.10. The molecule has 194 valence electrons. The van der Waals surface area contributed by atoms with Crippen molar-refractivity contribution in [3.63, 3.8) is 0 Å². The molecule has 0 spiro atoms. The van der Waals surface area contributed by atoms with Gasteiger partial charge in [-0.1, -0.05) is 83.7 Å². The van der Waals surface area contributed by atoms with E-state index in [4.69, 9.17) is 12.2 Å². The normalized spacial score (nSPS) is 15.8. The van der Waals surface area contributed by atoms with E-state index < -0.39 is 0 Å². The fourth-order valence-electron chi connectivity index (χ4n) is 4.51. The highest BCUT2D eigenvalue weighted by Gasteiger charge is 2.38. The van der Waals surface area contributed by atoms with E-state index >= 15 is 0 Å². The minimum Gasteiger partial charge on any atom is -0.507 e. The number of aromatic hydroxyl groups is 1.